The number of aromatic amines is 1. The van der Waals surface area contributed by atoms with Crippen LogP contribution in [0.25, 0.3) is 22.3 Å². The first kappa shape index (κ1) is 15.9. The Labute approximate surface area is 137 Å². The maximum atomic E-state index is 12.3. The minimum absolute atomic E-state index is 0.121. The van der Waals surface area contributed by atoms with E-state index in [4.69, 9.17) is 4.74 Å². The van der Waals surface area contributed by atoms with Gasteiger partial charge in [0, 0.05) is 19.7 Å². The Kier molecular flexibility index (Phi) is 3.92. The predicted molar refractivity (Wildman–Crippen MR) is 91.7 cm³/mol. The molecule has 3 rings (SSSR count). The van der Waals surface area contributed by atoms with Crippen LogP contribution in [0.4, 0.5) is 0 Å². The molecular formula is C17H19N3O4. The van der Waals surface area contributed by atoms with E-state index >= 15 is 0 Å². The number of hydrogen-bond donors (Lipinski definition) is 2. The van der Waals surface area contributed by atoms with Crippen LogP contribution >= 0.6 is 0 Å². The predicted octanol–water partition coefficient (Wildman–Crippen LogP) is 1.73. The minimum atomic E-state index is -0.489. The average molecular weight is 329 g/mol. The van der Waals surface area contributed by atoms with Crippen molar-refractivity contribution in [2.75, 3.05) is 6.61 Å². The topological polar surface area (TPSA) is 89.3 Å². The lowest BCUT2D eigenvalue weighted by molar-refractivity contribution is 0.317. The van der Waals surface area contributed by atoms with Crippen molar-refractivity contribution in [2.24, 2.45) is 14.1 Å². The second kappa shape index (κ2) is 5.92. The Morgan fingerprint density at radius 2 is 1.79 bits per heavy atom. The van der Waals surface area contributed by atoms with Crippen molar-refractivity contribution < 1.29 is 9.84 Å². The van der Waals surface area contributed by atoms with Crippen LogP contribution in [0.1, 0.15) is 13.3 Å². The van der Waals surface area contributed by atoms with Gasteiger partial charge in [-0.2, -0.15) is 0 Å². The zero-order chi connectivity index (χ0) is 17.4. The van der Waals surface area contributed by atoms with Gasteiger partial charge in [-0.15, -0.1) is 0 Å². The van der Waals surface area contributed by atoms with Gasteiger partial charge in [0.1, 0.15) is 16.8 Å². The van der Waals surface area contributed by atoms with Crippen molar-refractivity contribution in [3.8, 4) is 22.8 Å². The highest BCUT2D eigenvalue weighted by Gasteiger charge is 2.19. The summed E-state index contributed by atoms with van der Waals surface area (Å²) in [5, 5.41) is 10.5. The monoisotopic (exact) mass is 329 g/mol. The molecule has 0 bridgehead atoms. The molecule has 0 aliphatic heterocycles. The molecule has 24 heavy (non-hydrogen) atoms. The summed E-state index contributed by atoms with van der Waals surface area (Å²) in [5.74, 6) is 0.615. The maximum absolute atomic E-state index is 12.3. The Balaban J connectivity index is 2.16. The second-order valence-electron chi connectivity index (χ2n) is 5.65. The summed E-state index contributed by atoms with van der Waals surface area (Å²) >= 11 is 0. The molecule has 0 radical (unpaired) electrons. The van der Waals surface area contributed by atoms with Crippen molar-refractivity contribution in [1.82, 2.24) is 14.1 Å². The van der Waals surface area contributed by atoms with Gasteiger partial charge in [0.2, 0.25) is 0 Å². The van der Waals surface area contributed by atoms with E-state index in [-0.39, 0.29) is 16.8 Å². The van der Waals surface area contributed by atoms with Gasteiger partial charge in [-0.05, 0) is 30.7 Å². The lowest BCUT2D eigenvalue weighted by atomic mass is 10.1. The Morgan fingerprint density at radius 1 is 1.12 bits per heavy atom. The van der Waals surface area contributed by atoms with Gasteiger partial charge in [0.15, 0.2) is 5.75 Å². The first-order valence-corrected chi connectivity index (χ1v) is 7.69. The highest BCUT2D eigenvalue weighted by molar-refractivity contribution is 5.90. The molecule has 0 amide bonds. The second-order valence-corrected chi connectivity index (χ2v) is 5.65. The SMILES string of the molecule is CCCOc1ccc(-c2[nH]c3c(=O)n(C)c(=O)n(C)c3c2O)cc1. The Morgan fingerprint density at radius 3 is 2.42 bits per heavy atom. The number of ether oxygens (including phenoxy) is 1. The standard InChI is InChI=1S/C17H19N3O4/c1-4-9-24-11-7-5-10(6-8-11)12-15(21)14-13(18-12)16(22)20(3)17(23)19(14)2/h5-8,18,21H,4,9H2,1-3H3. The fourth-order valence-corrected chi connectivity index (χ4v) is 2.68. The fraction of sp³-hybridized carbons (Fsp3) is 0.294. The van der Waals surface area contributed by atoms with Crippen LogP contribution in [0, 0.1) is 0 Å². The first-order chi connectivity index (χ1) is 11.5. The quantitative estimate of drug-likeness (QED) is 0.763. The molecule has 0 unspecified atom stereocenters. The largest absolute Gasteiger partial charge is 0.504 e. The smallest absolute Gasteiger partial charge is 0.331 e. The summed E-state index contributed by atoms with van der Waals surface area (Å²) < 4.78 is 7.79. The van der Waals surface area contributed by atoms with Gasteiger partial charge in [0.25, 0.3) is 5.56 Å². The van der Waals surface area contributed by atoms with Crippen molar-refractivity contribution in [3.05, 3.63) is 45.1 Å². The van der Waals surface area contributed by atoms with Gasteiger partial charge in [-0.3, -0.25) is 13.9 Å². The molecule has 1 aromatic carbocycles. The third-order valence-electron chi connectivity index (χ3n) is 3.99. The third kappa shape index (κ3) is 2.38. The number of fused-ring (bicyclic) bond motifs is 1. The van der Waals surface area contributed by atoms with Crippen molar-refractivity contribution in [1.29, 1.82) is 0 Å². The first-order valence-electron chi connectivity index (χ1n) is 7.69. The highest BCUT2D eigenvalue weighted by Crippen LogP contribution is 2.34. The number of nitrogens with zero attached hydrogens (tertiary/aromatic N) is 2. The van der Waals surface area contributed by atoms with Crippen molar-refractivity contribution in [3.63, 3.8) is 0 Å². The number of rotatable bonds is 4. The van der Waals surface area contributed by atoms with Crippen LogP contribution in [0.2, 0.25) is 0 Å². The van der Waals surface area contributed by atoms with Crippen LogP contribution in [-0.2, 0) is 14.1 Å². The summed E-state index contributed by atoms with van der Waals surface area (Å²) in [5.41, 5.74) is 0.518. The summed E-state index contributed by atoms with van der Waals surface area (Å²) in [6, 6.07) is 7.18. The lowest BCUT2D eigenvalue weighted by Gasteiger charge is -2.05. The molecular weight excluding hydrogens is 310 g/mol. The summed E-state index contributed by atoms with van der Waals surface area (Å²) in [6.45, 7) is 2.66. The number of H-pyrrole nitrogens is 1. The molecule has 0 spiro atoms. The van der Waals surface area contributed by atoms with Crippen LogP contribution < -0.4 is 16.0 Å². The van der Waals surface area contributed by atoms with E-state index in [0.717, 1.165) is 16.7 Å². The van der Waals surface area contributed by atoms with E-state index < -0.39 is 11.2 Å². The molecule has 7 heteroatoms. The molecule has 0 aliphatic carbocycles. The highest BCUT2D eigenvalue weighted by atomic mass is 16.5. The molecule has 0 atom stereocenters. The van der Waals surface area contributed by atoms with Gasteiger partial charge in [-0.1, -0.05) is 6.92 Å². The van der Waals surface area contributed by atoms with Crippen molar-refractivity contribution in [2.45, 2.75) is 13.3 Å². The van der Waals surface area contributed by atoms with Gasteiger partial charge in [-0.25, -0.2) is 4.79 Å². The maximum Gasteiger partial charge on any atom is 0.331 e. The van der Waals surface area contributed by atoms with Crippen LogP contribution in [-0.4, -0.2) is 25.8 Å². The summed E-state index contributed by atoms with van der Waals surface area (Å²) in [6.07, 6.45) is 0.919. The van der Waals surface area contributed by atoms with E-state index in [9.17, 15) is 14.7 Å². The van der Waals surface area contributed by atoms with Crippen LogP contribution in [0.3, 0.4) is 0 Å². The zero-order valence-electron chi connectivity index (χ0n) is 13.8. The average Bonchev–Trinajstić information content (AvgIpc) is 2.94. The van der Waals surface area contributed by atoms with E-state index in [2.05, 4.69) is 4.98 Å². The summed E-state index contributed by atoms with van der Waals surface area (Å²) in [7, 11) is 2.92. The lowest BCUT2D eigenvalue weighted by Crippen LogP contribution is -2.36. The number of nitrogens with one attached hydrogen (secondary N) is 1. The minimum Gasteiger partial charge on any atom is -0.504 e. The molecule has 0 saturated heterocycles. The van der Waals surface area contributed by atoms with Crippen LogP contribution in [0.15, 0.2) is 33.9 Å². The molecule has 2 aromatic heterocycles. The molecule has 0 aliphatic rings. The molecule has 3 aromatic rings. The third-order valence-corrected chi connectivity index (χ3v) is 3.99. The van der Waals surface area contributed by atoms with E-state index in [1.54, 1.807) is 24.3 Å². The van der Waals surface area contributed by atoms with Crippen molar-refractivity contribution >= 4 is 11.0 Å². The molecule has 7 nitrogen and oxygen atoms in total. The Bertz CT molecular complexity index is 1010. The van der Waals surface area contributed by atoms with Gasteiger partial charge in [0.05, 0.1) is 12.3 Å². The molecule has 0 saturated carbocycles. The Hall–Kier alpha value is -2.96. The number of aryl methyl sites for hydroxylation is 1. The normalized spacial score (nSPS) is 11.1. The molecule has 2 N–H and O–H groups in total. The van der Waals surface area contributed by atoms with E-state index in [0.29, 0.717) is 17.9 Å². The van der Waals surface area contributed by atoms with Crippen LogP contribution in [0.5, 0.6) is 11.5 Å². The number of aromatic hydroxyl groups is 1. The molecule has 0 fully saturated rings. The van der Waals surface area contributed by atoms with E-state index in [1.165, 1.54) is 18.7 Å². The number of benzene rings is 1. The zero-order valence-corrected chi connectivity index (χ0v) is 13.8. The number of aromatic nitrogens is 3. The summed E-state index contributed by atoms with van der Waals surface area (Å²) in [4.78, 5) is 27.2. The van der Waals surface area contributed by atoms with Gasteiger partial charge < -0.3 is 14.8 Å². The van der Waals surface area contributed by atoms with Gasteiger partial charge >= 0.3 is 5.69 Å². The molecule has 126 valence electrons. The van der Waals surface area contributed by atoms with E-state index in [1.807, 2.05) is 6.92 Å². The number of hydrogen-bond acceptors (Lipinski definition) is 4. The molecule has 2 heterocycles. The fourth-order valence-electron chi connectivity index (χ4n) is 2.68.